The number of thioether (sulfide) groups is 1. The van der Waals surface area contributed by atoms with Gasteiger partial charge in [0.15, 0.2) is 5.16 Å². The minimum atomic E-state index is -0.839. The lowest BCUT2D eigenvalue weighted by molar-refractivity contribution is -0.133. The number of aromatic nitrogens is 2. The lowest BCUT2D eigenvalue weighted by Gasteiger charge is -2.07. The van der Waals surface area contributed by atoms with Crippen LogP contribution in [-0.4, -0.2) is 26.4 Å². The fourth-order valence-corrected chi connectivity index (χ4v) is 2.95. The number of hydrogen-bond donors (Lipinski definition) is 1. The highest BCUT2D eigenvalue weighted by atomic mass is 127. The molecule has 0 aliphatic carbocycles. The molecular formula is C13H13IN2O2S. The predicted molar refractivity (Wildman–Crippen MR) is 85.6 cm³/mol. The van der Waals surface area contributed by atoms with Gasteiger partial charge in [-0.05, 0) is 47.7 Å². The van der Waals surface area contributed by atoms with Gasteiger partial charge in [-0.25, -0.2) is 4.98 Å². The summed E-state index contributed by atoms with van der Waals surface area (Å²) in [6.45, 7) is 6.52. The number of carboxylic acids is 1. The van der Waals surface area contributed by atoms with E-state index in [1.54, 1.807) is 0 Å². The van der Waals surface area contributed by atoms with Crippen LogP contribution in [-0.2, 0) is 11.3 Å². The van der Waals surface area contributed by atoms with Crippen molar-refractivity contribution in [3.63, 3.8) is 0 Å². The molecule has 0 saturated heterocycles. The van der Waals surface area contributed by atoms with Crippen LogP contribution in [0.15, 0.2) is 35.5 Å². The smallest absolute Gasteiger partial charge is 0.313 e. The van der Waals surface area contributed by atoms with Gasteiger partial charge in [0.2, 0.25) is 0 Å². The minimum Gasteiger partial charge on any atom is -0.481 e. The van der Waals surface area contributed by atoms with Crippen LogP contribution in [0.2, 0.25) is 0 Å². The molecule has 0 bridgehead atoms. The molecule has 1 heterocycles. The lowest BCUT2D eigenvalue weighted by atomic mass is 10.3. The molecule has 0 amide bonds. The number of halogens is 1. The zero-order valence-electron chi connectivity index (χ0n) is 10.4. The lowest BCUT2D eigenvalue weighted by Crippen LogP contribution is -2.03. The number of benzene rings is 1. The zero-order chi connectivity index (χ0) is 14.0. The SMILES string of the molecule is C=C(C)Cn1c(SCC(=O)O)nc2cc(I)ccc21. The summed E-state index contributed by atoms with van der Waals surface area (Å²) in [5, 5.41) is 9.51. The van der Waals surface area contributed by atoms with Crippen molar-refractivity contribution in [2.45, 2.75) is 18.6 Å². The number of nitrogens with zero attached hydrogens (tertiary/aromatic N) is 2. The van der Waals surface area contributed by atoms with Gasteiger partial charge in [0, 0.05) is 10.1 Å². The van der Waals surface area contributed by atoms with Crippen LogP contribution in [0.4, 0.5) is 0 Å². The van der Waals surface area contributed by atoms with E-state index in [9.17, 15) is 4.79 Å². The predicted octanol–water partition coefficient (Wildman–Crippen LogP) is 3.39. The van der Waals surface area contributed by atoms with Gasteiger partial charge in [0.05, 0.1) is 16.8 Å². The molecule has 4 nitrogen and oxygen atoms in total. The molecule has 1 aromatic carbocycles. The van der Waals surface area contributed by atoms with Crippen LogP contribution in [0.25, 0.3) is 11.0 Å². The Morgan fingerprint density at radius 3 is 2.95 bits per heavy atom. The second-order valence-electron chi connectivity index (χ2n) is 4.25. The Labute approximate surface area is 129 Å². The van der Waals surface area contributed by atoms with Crippen molar-refractivity contribution in [3.8, 4) is 0 Å². The van der Waals surface area contributed by atoms with Crippen molar-refractivity contribution in [1.82, 2.24) is 9.55 Å². The Hall–Kier alpha value is -1.02. The van der Waals surface area contributed by atoms with E-state index in [2.05, 4.69) is 34.2 Å². The highest BCUT2D eigenvalue weighted by Gasteiger charge is 2.13. The first-order valence-corrected chi connectivity index (χ1v) is 7.68. The summed E-state index contributed by atoms with van der Waals surface area (Å²) in [5.74, 6) is -0.829. The summed E-state index contributed by atoms with van der Waals surface area (Å²) in [5.41, 5.74) is 2.91. The van der Waals surface area contributed by atoms with Crippen LogP contribution in [0, 0.1) is 3.57 Å². The zero-order valence-corrected chi connectivity index (χ0v) is 13.4. The first-order chi connectivity index (χ1) is 8.97. The summed E-state index contributed by atoms with van der Waals surface area (Å²) in [4.78, 5) is 15.2. The van der Waals surface area contributed by atoms with E-state index in [1.807, 2.05) is 29.7 Å². The van der Waals surface area contributed by atoms with Crippen molar-refractivity contribution in [2.24, 2.45) is 0 Å². The van der Waals surface area contributed by atoms with E-state index < -0.39 is 5.97 Å². The third-order valence-corrected chi connectivity index (χ3v) is 4.06. The van der Waals surface area contributed by atoms with Crippen molar-refractivity contribution < 1.29 is 9.90 Å². The monoisotopic (exact) mass is 388 g/mol. The minimum absolute atomic E-state index is 0.0105. The molecule has 2 rings (SSSR count). The standard InChI is InChI=1S/C13H13IN2O2S/c1-8(2)6-16-11-4-3-9(14)5-10(11)15-13(16)19-7-12(17)18/h3-5H,1,6-7H2,2H3,(H,17,18). The molecule has 0 unspecified atom stereocenters. The van der Waals surface area contributed by atoms with Gasteiger partial charge in [-0.1, -0.05) is 23.9 Å². The summed E-state index contributed by atoms with van der Waals surface area (Å²) in [7, 11) is 0. The van der Waals surface area contributed by atoms with Gasteiger partial charge >= 0.3 is 5.97 Å². The largest absolute Gasteiger partial charge is 0.481 e. The van der Waals surface area contributed by atoms with Crippen molar-refractivity contribution in [2.75, 3.05) is 5.75 Å². The van der Waals surface area contributed by atoms with E-state index in [1.165, 1.54) is 11.8 Å². The molecular weight excluding hydrogens is 375 g/mol. The number of aliphatic carboxylic acids is 1. The fourth-order valence-electron chi connectivity index (χ4n) is 1.74. The van der Waals surface area contributed by atoms with Crippen LogP contribution in [0.5, 0.6) is 0 Å². The van der Waals surface area contributed by atoms with Crippen molar-refractivity contribution in [3.05, 3.63) is 33.9 Å². The average Bonchev–Trinajstić information content (AvgIpc) is 2.63. The topological polar surface area (TPSA) is 55.1 Å². The Morgan fingerprint density at radius 1 is 1.58 bits per heavy atom. The van der Waals surface area contributed by atoms with E-state index in [0.29, 0.717) is 6.54 Å². The van der Waals surface area contributed by atoms with Crippen LogP contribution in [0.3, 0.4) is 0 Å². The van der Waals surface area contributed by atoms with Crippen LogP contribution in [0.1, 0.15) is 6.92 Å². The molecule has 0 atom stereocenters. The second-order valence-corrected chi connectivity index (χ2v) is 6.44. The Kier molecular flexibility index (Phi) is 4.51. The van der Waals surface area contributed by atoms with Gasteiger partial charge in [-0.15, -0.1) is 0 Å². The van der Waals surface area contributed by atoms with Gasteiger partial charge < -0.3 is 9.67 Å². The molecule has 0 aliphatic rings. The molecule has 100 valence electrons. The number of rotatable bonds is 5. The summed E-state index contributed by atoms with van der Waals surface area (Å²) >= 11 is 3.48. The molecule has 0 radical (unpaired) electrons. The van der Waals surface area contributed by atoms with E-state index >= 15 is 0 Å². The normalized spacial score (nSPS) is 10.8. The maximum Gasteiger partial charge on any atom is 0.313 e. The molecule has 0 spiro atoms. The van der Waals surface area contributed by atoms with Crippen molar-refractivity contribution in [1.29, 1.82) is 0 Å². The molecule has 19 heavy (non-hydrogen) atoms. The maximum atomic E-state index is 10.7. The molecule has 2 aromatic rings. The van der Waals surface area contributed by atoms with Crippen LogP contribution >= 0.6 is 34.4 Å². The fraction of sp³-hybridized carbons (Fsp3) is 0.231. The number of imidazole rings is 1. The quantitative estimate of drug-likeness (QED) is 0.485. The molecule has 0 saturated carbocycles. The Bertz CT molecular complexity index is 651. The van der Waals surface area contributed by atoms with Crippen molar-refractivity contribution >= 4 is 51.4 Å². The van der Waals surface area contributed by atoms with E-state index in [0.717, 1.165) is 25.3 Å². The van der Waals surface area contributed by atoms with E-state index in [4.69, 9.17) is 5.11 Å². The number of hydrogen-bond acceptors (Lipinski definition) is 3. The average molecular weight is 388 g/mol. The first-order valence-electron chi connectivity index (χ1n) is 5.62. The molecule has 1 N–H and O–H groups in total. The number of fused-ring (bicyclic) bond motifs is 1. The summed E-state index contributed by atoms with van der Waals surface area (Å²) < 4.78 is 3.13. The molecule has 6 heteroatoms. The number of allylic oxidation sites excluding steroid dienone is 1. The number of carboxylic acid groups (broad SMARTS) is 1. The van der Waals surface area contributed by atoms with Gasteiger partial charge in [0.25, 0.3) is 0 Å². The van der Waals surface area contributed by atoms with Gasteiger partial charge in [0.1, 0.15) is 0 Å². The third kappa shape index (κ3) is 3.50. The first kappa shape index (κ1) is 14.4. The summed E-state index contributed by atoms with van der Waals surface area (Å²) in [6, 6.07) is 6.03. The van der Waals surface area contributed by atoms with Gasteiger partial charge in [-0.3, -0.25) is 4.79 Å². The van der Waals surface area contributed by atoms with Gasteiger partial charge in [-0.2, -0.15) is 0 Å². The maximum absolute atomic E-state index is 10.7. The highest BCUT2D eigenvalue weighted by molar-refractivity contribution is 14.1. The second kappa shape index (κ2) is 5.96. The Morgan fingerprint density at radius 2 is 2.32 bits per heavy atom. The third-order valence-electron chi connectivity index (χ3n) is 2.43. The molecule has 0 fully saturated rings. The van der Waals surface area contributed by atoms with Crippen LogP contribution < -0.4 is 0 Å². The molecule has 0 aliphatic heterocycles. The highest BCUT2D eigenvalue weighted by Crippen LogP contribution is 2.26. The summed E-state index contributed by atoms with van der Waals surface area (Å²) in [6.07, 6.45) is 0. The molecule has 1 aromatic heterocycles. The number of carbonyl (C=O) groups is 1. The Balaban J connectivity index is 2.47. The van der Waals surface area contributed by atoms with E-state index in [-0.39, 0.29) is 5.75 Å².